The van der Waals surface area contributed by atoms with Crippen LogP contribution >= 0.6 is 11.8 Å². The molecule has 0 aromatic heterocycles. The lowest BCUT2D eigenvalue weighted by Gasteiger charge is -2.40. The third-order valence-corrected chi connectivity index (χ3v) is 4.72. The van der Waals surface area contributed by atoms with Crippen molar-refractivity contribution in [2.24, 2.45) is 5.41 Å². The van der Waals surface area contributed by atoms with Crippen molar-refractivity contribution in [1.82, 2.24) is 5.32 Å². The number of amides is 2. The van der Waals surface area contributed by atoms with E-state index in [4.69, 9.17) is 5.11 Å². The summed E-state index contributed by atoms with van der Waals surface area (Å²) in [5.74, 6) is -0.801. The van der Waals surface area contributed by atoms with Crippen LogP contribution < -0.4 is 10.6 Å². The number of carboxylic acid groups (broad SMARTS) is 1. The van der Waals surface area contributed by atoms with Crippen LogP contribution in [0, 0.1) is 5.41 Å². The number of carboxylic acids is 1. The highest BCUT2D eigenvalue weighted by molar-refractivity contribution is 7.98. The molecule has 0 aliphatic heterocycles. The number of benzene rings is 1. The number of hydrogen-bond donors (Lipinski definition) is 3. The summed E-state index contributed by atoms with van der Waals surface area (Å²) in [6, 6.07) is 7.30. The summed E-state index contributed by atoms with van der Waals surface area (Å²) in [4.78, 5) is 23.9. The van der Waals surface area contributed by atoms with Crippen molar-refractivity contribution < 1.29 is 14.7 Å². The zero-order valence-corrected chi connectivity index (χ0v) is 12.8. The Morgan fingerprint density at radius 3 is 2.62 bits per heavy atom. The number of anilines is 1. The maximum absolute atomic E-state index is 12.0. The molecule has 1 aliphatic rings. The molecular formula is C15H20N2O3S. The van der Waals surface area contributed by atoms with Gasteiger partial charge in [-0.25, -0.2) is 4.79 Å². The Balaban J connectivity index is 1.88. The molecule has 6 heteroatoms. The number of nitrogens with one attached hydrogen (secondary N) is 2. The number of thioether (sulfide) groups is 1. The molecule has 114 valence electrons. The zero-order valence-electron chi connectivity index (χ0n) is 12.0. The Morgan fingerprint density at radius 1 is 1.33 bits per heavy atom. The molecule has 0 atom stereocenters. The van der Waals surface area contributed by atoms with Crippen LogP contribution in [-0.4, -0.2) is 29.9 Å². The van der Waals surface area contributed by atoms with Gasteiger partial charge in [-0.2, -0.15) is 0 Å². The molecule has 1 saturated carbocycles. The highest BCUT2D eigenvalue weighted by Gasteiger charge is 2.39. The maximum atomic E-state index is 12.0. The molecule has 0 heterocycles. The third-order valence-electron chi connectivity index (χ3n) is 3.92. The van der Waals surface area contributed by atoms with Crippen LogP contribution in [0.4, 0.5) is 10.5 Å². The molecule has 2 amide bonds. The van der Waals surface area contributed by atoms with E-state index in [0.29, 0.717) is 6.54 Å². The van der Waals surface area contributed by atoms with E-state index in [-0.39, 0.29) is 17.9 Å². The monoisotopic (exact) mass is 308 g/mol. The van der Waals surface area contributed by atoms with Crippen LogP contribution in [-0.2, 0) is 4.79 Å². The van der Waals surface area contributed by atoms with E-state index in [9.17, 15) is 9.59 Å². The van der Waals surface area contributed by atoms with Crippen LogP contribution in [0.2, 0.25) is 0 Å². The third kappa shape index (κ3) is 4.14. The second-order valence-electron chi connectivity index (χ2n) is 5.43. The molecule has 0 bridgehead atoms. The number of aliphatic carboxylic acids is 1. The number of carbonyl (C=O) groups is 2. The molecule has 21 heavy (non-hydrogen) atoms. The summed E-state index contributed by atoms with van der Waals surface area (Å²) in [7, 11) is 0. The van der Waals surface area contributed by atoms with Gasteiger partial charge in [0, 0.05) is 11.4 Å². The summed E-state index contributed by atoms with van der Waals surface area (Å²) in [6.07, 6.45) is 4.83. The molecule has 0 spiro atoms. The van der Waals surface area contributed by atoms with E-state index in [1.807, 2.05) is 30.5 Å². The van der Waals surface area contributed by atoms with E-state index in [1.165, 1.54) is 0 Å². The van der Waals surface area contributed by atoms with Crippen LogP contribution in [0.3, 0.4) is 0 Å². The summed E-state index contributed by atoms with van der Waals surface area (Å²) in [5, 5.41) is 14.6. The summed E-state index contributed by atoms with van der Waals surface area (Å²) < 4.78 is 0. The fraction of sp³-hybridized carbons (Fsp3) is 0.467. The zero-order chi connectivity index (χ0) is 15.3. The van der Waals surface area contributed by atoms with Gasteiger partial charge in [0.2, 0.25) is 0 Å². The topological polar surface area (TPSA) is 78.4 Å². The van der Waals surface area contributed by atoms with Crippen molar-refractivity contribution >= 4 is 29.4 Å². The highest BCUT2D eigenvalue weighted by atomic mass is 32.2. The minimum absolute atomic E-state index is 0.120. The Kier molecular flexibility index (Phi) is 5.12. The number of hydrogen-bond acceptors (Lipinski definition) is 3. The standard InChI is InChI=1S/C15H20N2O3S/c1-21-12-6-3-2-5-11(12)17-14(20)16-10-15(7-4-8-15)9-13(18)19/h2-3,5-6H,4,7-10H2,1H3,(H,18,19)(H2,16,17,20). The first kappa shape index (κ1) is 15.7. The van der Waals surface area contributed by atoms with Gasteiger partial charge in [0.15, 0.2) is 0 Å². The van der Waals surface area contributed by atoms with Gasteiger partial charge in [-0.1, -0.05) is 18.6 Å². The van der Waals surface area contributed by atoms with Crippen LogP contribution in [0.15, 0.2) is 29.2 Å². The summed E-state index contributed by atoms with van der Waals surface area (Å²) in [6.45, 7) is 0.409. The predicted molar refractivity (Wildman–Crippen MR) is 83.8 cm³/mol. The summed E-state index contributed by atoms with van der Waals surface area (Å²) in [5.41, 5.74) is 0.505. The first-order valence-electron chi connectivity index (χ1n) is 6.94. The first-order chi connectivity index (χ1) is 10.0. The Bertz CT molecular complexity index is 529. The molecule has 0 radical (unpaired) electrons. The second-order valence-corrected chi connectivity index (χ2v) is 6.28. The molecule has 1 fully saturated rings. The van der Waals surface area contributed by atoms with E-state index in [2.05, 4.69) is 10.6 Å². The van der Waals surface area contributed by atoms with Gasteiger partial charge in [-0.3, -0.25) is 4.79 Å². The van der Waals surface area contributed by atoms with Gasteiger partial charge < -0.3 is 15.7 Å². The van der Waals surface area contributed by atoms with E-state index >= 15 is 0 Å². The largest absolute Gasteiger partial charge is 0.481 e. The van der Waals surface area contributed by atoms with Gasteiger partial charge in [-0.15, -0.1) is 11.8 Å². The predicted octanol–water partition coefficient (Wildman–Crippen LogP) is 3.18. The SMILES string of the molecule is CSc1ccccc1NC(=O)NCC1(CC(=O)O)CCC1. The quantitative estimate of drug-likeness (QED) is 0.705. The van der Waals surface area contributed by atoms with Gasteiger partial charge >= 0.3 is 12.0 Å². The lowest BCUT2D eigenvalue weighted by molar-refractivity contribution is -0.141. The van der Waals surface area contributed by atoms with Crippen molar-refractivity contribution in [1.29, 1.82) is 0 Å². The average Bonchev–Trinajstić information content (AvgIpc) is 2.42. The molecular weight excluding hydrogens is 288 g/mol. The van der Waals surface area contributed by atoms with Crippen molar-refractivity contribution in [2.45, 2.75) is 30.6 Å². The minimum atomic E-state index is -0.801. The number of para-hydroxylation sites is 1. The molecule has 5 nitrogen and oxygen atoms in total. The fourth-order valence-electron chi connectivity index (χ4n) is 2.60. The number of urea groups is 1. The molecule has 2 rings (SSSR count). The second kappa shape index (κ2) is 6.85. The maximum Gasteiger partial charge on any atom is 0.319 e. The van der Waals surface area contributed by atoms with E-state index < -0.39 is 5.97 Å². The smallest absolute Gasteiger partial charge is 0.319 e. The lowest BCUT2D eigenvalue weighted by atomic mass is 9.66. The van der Waals surface area contributed by atoms with Crippen molar-refractivity contribution in [3.05, 3.63) is 24.3 Å². The lowest BCUT2D eigenvalue weighted by Crippen LogP contribution is -2.44. The molecule has 1 aliphatic carbocycles. The van der Waals surface area contributed by atoms with Crippen molar-refractivity contribution in [3.8, 4) is 0 Å². The van der Waals surface area contributed by atoms with Gasteiger partial charge in [0.25, 0.3) is 0 Å². The Morgan fingerprint density at radius 2 is 2.05 bits per heavy atom. The van der Waals surface area contributed by atoms with E-state index in [0.717, 1.165) is 29.8 Å². The Hall–Kier alpha value is -1.69. The van der Waals surface area contributed by atoms with E-state index in [1.54, 1.807) is 11.8 Å². The molecule has 0 saturated heterocycles. The van der Waals surface area contributed by atoms with Crippen LogP contribution in [0.25, 0.3) is 0 Å². The van der Waals surface area contributed by atoms with Crippen molar-refractivity contribution in [2.75, 3.05) is 18.1 Å². The molecule has 1 aromatic rings. The van der Waals surface area contributed by atoms with Gasteiger partial charge in [0.1, 0.15) is 0 Å². The molecule has 0 unspecified atom stereocenters. The minimum Gasteiger partial charge on any atom is -0.481 e. The van der Waals surface area contributed by atoms with Gasteiger partial charge in [-0.05, 0) is 36.6 Å². The van der Waals surface area contributed by atoms with Crippen LogP contribution in [0.1, 0.15) is 25.7 Å². The van der Waals surface area contributed by atoms with Crippen molar-refractivity contribution in [3.63, 3.8) is 0 Å². The number of carbonyl (C=O) groups excluding carboxylic acids is 1. The van der Waals surface area contributed by atoms with Gasteiger partial charge in [0.05, 0.1) is 12.1 Å². The normalized spacial score (nSPS) is 15.9. The molecule has 3 N–H and O–H groups in total. The molecule has 1 aromatic carbocycles. The van der Waals surface area contributed by atoms with Crippen LogP contribution in [0.5, 0.6) is 0 Å². The summed E-state index contributed by atoms with van der Waals surface area (Å²) >= 11 is 1.56. The Labute approximate surface area is 128 Å². The highest BCUT2D eigenvalue weighted by Crippen LogP contribution is 2.43. The number of rotatable bonds is 6. The first-order valence-corrected chi connectivity index (χ1v) is 8.17. The fourth-order valence-corrected chi connectivity index (χ4v) is 3.15. The average molecular weight is 308 g/mol.